The number of nitrogens with two attached hydrogens (primary N) is 1. The molecule has 0 radical (unpaired) electrons. The number of ether oxygens (including phenoxy) is 1. The van der Waals surface area contributed by atoms with Crippen LogP contribution in [-0.2, 0) is 20.9 Å². The third kappa shape index (κ3) is 5.96. The van der Waals surface area contributed by atoms with Crippen molar-refractivity contribution < 1.29 is 14.3 Å². The summed E-state index contributed by atoms with van der Waals surface area (Å²) >= 11 is 0. The van der Waals surface area contributed by atoms with Gasteiger partial charge in [0.25, 0.3) is 0 Å². The molecule has 9 heteroatoms. The molecule has 2 rings (SSSR count). The van der Waals surface area contributed by atoms with Crippen LogP contribution in [-0.4, -0.2) is 57.3 Å². The molecule has 0 spiro atoms. The topological polar surface area (TPSA) is 102 Å². The zero-order valence-electron chi connectivity index (χ0n) is 15.9. The Morgan fingerprint density at radius 1 is 1.38 bits per heavy atom. The number of amides is 2. The fourth-order valence-electron chi connectivity index (χ4n) is 3.04. The number of hydrogen-bond donors (Lipinski definition) is 2. The number of carbonyl (C=O) groups excluding carboxylic acids is 2. The summed E-state index contributed by atoms with van der Waals surface area (Å²) in [7, 11) is 0. The minimum absolute atomic E-state index is 0. The normalized spacial score (nSPS) is 22.3. The zero-order chi connectivity index (χ0) is 18.6. The van der Waals surface area contributed by atoms with Crippen LogP contribution in [0.25, 0.3) is 0 Å². The number of morpholine rings is 1. The van der Waals surface area contributed by atoms with Gasteiger partial charge in [-0.3, -0.25) is 14.3 Å². The van der Waals surface area contributed by atoms with Gasteiger partial charge < -0.3 is 20.7 Å². The highest BCUT2D eigenvalue weighted by molar-refractivity contribution is 5.97. The van der Waals surface area contributed by atoms with Crippen LogP contribution in [0, 0.1) is 0 Å². The van der Waals surface area contributed by atoms with Crippen molar-refractivity contribution in [3.8, 4) is 0 Å². The van der Waals surface area contributed by atoms with E-state index >= 15 is 0 Å². The Morgan fingerprint density at radius 3 is 2.58 bits per heavy atom. The SMILES string of the molecule is CCCC(C)(N)C(=O)Nc1cnn(CC(=O)N2CC(C)OC(C)C2)c1.Cl. The van der Waals surface area contributed by atoms with Gasteiger partial charge in [-0.05, 0) is 27.2 Å². The van der Waals surface area contributed by atoms with Crippen molar-refractivity contribution in [3.63, 3.8) is 0 Å². The van der Waals surface area contributed by atoms with E-state index in [1.807, 2.05) is 20.8 Å². The maximum Gasteiger partial charge on any atom is 0.244 e. The molecule has 0 aliphatic carbocycles. The van der Waals surface area contributed by atoms with Crippen LogP contribution in [0.3, 0.4) is 0 Å². The molecule has 26 heavy (non-hydrogen) atoms. The number of nitrogens with one attached hydrogen (secondary N) is 1. The first-order valence-electron chi connectivity index (χ1n) is 8.77. The number of halogens is 1. The monoisotopic (exact) mass is 387 g/mol. The van der Waals surface area contributed by atoms with Gasteiger partial charge in [-0.25, -0.2) is 0 Å². The lowest BCUT2D eigenvalue weighted by Crippen LogP contribution is -2.49. The van der Waals surface area contributed by atoms with Crippen molar-refractivity contribution in [2.75, 3.05) is 18.4 Å². The first kappa shape index (κ1) is 22.4. The lowest BCUT2D eigenvalue weighted by Gasteiger charge is -2.35. The summed E-state index contributed by atoms with van der Waals surface area (Å²) in [5.74, 6) is -0.270. The third-order valence-corrected chi connectivity index (χ3v) is 4.25. The van der Waals surface area contributed by atoms with E-state index in [1.54, 1.807) is 18.0 Å². The highest BCUT2D eigenvalue weighted by atomic mass is 35.5. The average molecular weight is 388 g/mol. The van der Waals surface area contributed by atoms with Crippen molar-refractivity contribution in [1.82, 2.24) is 14.7 Å². The molecule has 0 bridgehead atoms. The molecular weight excluding hydrogens is 358 g/mol. The molecule has 2 heterocycles. The molecule has 1 fully saturated rings. The van der Waals surface area contributed by atoms with Gasteiger partial charge in [0.15, 0.2) is 0 Å². The molecule has 8 nitrogen and oxygen atoms in total. The van der Waals surface area contributed by atoms with Crippen molar-refractivity contribution in [2.24, 2.45) is 5.73 Å². The standard InChI is InChI=1S/C17H29N5O3.ClH/c1-5-6-17(4,18)16(24)20-14-7-19-22(10-14)11-15(23)21-8-12(2)25-13(3)9-21;/h7,10,12-13H,5-6,8-9,11,18H2,1-4H3,(H,20,24);1H. The predicted octanol–water partition coefficient (Wildman–Crippen LogP) is 1.40. The minimum atomic E-state index is -0.924. The molecule has 3 N–H and O–H groups in total. The van der Waals surface area contributed by atoms with Crippen LogP contribution in [0.2, 0.25) is 0 Å². The smallest absolute Gasteiger partial charge is 0.244 e. The maximum atomic E-state index is 12.4. The molecule has 148 valence electrons. The van der Waals surface area contributed by atoms with E-state index in [9.17, 15) is 9.59 Å². The Labute approximate surface area is 160 Å². The predicted molar refractivity (Wildman–Crippen MR) is 102 cm³/mol. The highest BCUT2D eigenvalue weighted by Gasteiger charge is 2.28. The molecule has 1 aliphatic heterocycles. The van der Waals surface area contributed by atoms with Gasteiger partial charge >= 0.3 is 0 Å². The van der Waals surface area contributed by atoms with Gasteiger partial charge in [-0.2, -0.15) is 5.10 Å². The first-order chi connectivity index (χ1) is 11.7. The van der Waals surface area contributed by atoms with Crippen LogP contribution >= 0.6 is 12.4 Å². The van der Waals surface area contributed by atoms with Gasteiger partial charge in [-0.1, -0.05) is 13.3 Å². The van der Waals surface area contributed by atoms with Gasteiger partial charge in [0.1, 0.15) is 6.54 Å². The Morgan fingerprint density at radius 2 is 2.00 bits per heavy atom. The molecule has 3 atom stereocenters. The van der Waals surface area contributed by atoms with Gasteiger partial charge in [0, 0.05) is 19.3 Å². The zero-order valence-corrected chi connectivity index (χ0v) is 16.7. The first-order valence-corrected chi connectivity index (χ1v) is 8.77. The van der Waals surface area contributed by atoms with E-state index < -0.39 is 5.54 Å². The molecule has 2 amide bonds. The summed E-state index contributed by atoms with van der Waals surface area (Å²) < 4.78 is 7.16. The van der Waals surface area contributed by atoms with Crippen LogP contribution < -0.4 is 11.1 Å². The summed E-state index contributed by atoms with van der Waals surface area (Å²) in [5, 5.41) is 6.91. The van der Waals surface area contributed by atoms with Crippen LogP contribution in [0.4, 0.5) is 5.69 Å². The minimum Gasteiger partial charge on any atom is -0.372 e. The van der Waals surface area contributed by atoms with Gasteiger partial charge in [0.2, 0.25) is 11.8 Å². The average Bonchev–Trinajstić information content (AvgIpc) is 2.93. The molecule has 0 saturated carbocycles. The fourth-order valence-corrected chi connectivity index (χ4v) is 3.04. The second-order valence-electron chi connectivity index (χ2n) is 7.10. The Kier molecular flexibility index (Phi) is 8.05. The molecule has 1 aromatic heterocycles. The Hall–Kier alpha value is -1.64. The van der Waals surface area contributed by atoms with Gasteiger partial charge in [0.05, 0.1) is 29.6 Å². The number of anilines is 1. The second-order valence-corrected chi connectivity index (χ2v) is 7.10. The fraction of sp³-hybridized carbons (Fsp3) is 0.706. The number of carbonyl (C=O) groups is 2. The summed E-state index contributed by atoms with van der Waals surface area (Å²) in [6.07, 6.45) is 4.65. The van der Waals surface area contributed by atoms with E-state index in [0.29, 0.717) is 25.2 Å². The lowest BCUT2D eigenvalue weighted by molar-refractivity contribution is -0.144. The number of aromatic nitrogens is 2. The largest absolute Gasteiger partial charge is 0.372 e. The molecule has 1 saturated heterocycles. The van der Waals surface area contributed by atoms with Crippen molar-refractivity contribution >= 4 is 29.9 Å². The Bertz CT molecular complexity index is 609. The van der Waals surface area contributed by atoms with Crippen LogP contribution in [0.5, 0.6) is 0 Å². The third-order valence-electron chi connectivity index (χ3n) is 4.25. The van der Waals surface area contributed by atoms with Crippen molar-refractivity contribution in [1.29, 1.82) is 0 Å². The van der Waals surface area contributed by atoms with Crippen LogP contribution in [0.15, 0.2) is 12.4 Å². The summed E-state index contributed by atoms with van der Waals surface area (Å²) in [6, 6.07) is 0. The van der Waals surface area contributed by atoms with E-state index in [1.165, 1.54) is 10.9 Å². The van der Waals surface area contributed by atoms with Crippen molar-refractivity contribution in [2.45, 2.75) is 64.8 Å². The highest BCUT2D eigenvalue weighted by Crippen LogP contribution is 2.14. The molecule has 1 aromatic rings. The number of hydrogen-bond acceptors (Lipinski definition) is 5. The van der Waals surface area contributed by atoms with Gasteiger partial charge in [-0.15, -0.1) is 12.4 Å². The maximum absolute atomic E-state index is 12.4. The molecule has 1 aliphatic rings. The molecule has 3 unspecified atom stereocenters. The summed E-state index contributed by atoms with van der Waals surface area (Å²) in [6.45, 7) is 8.89. The van der Waals surface area contributed by atoms with E-state index in [2.05, 4.69) is 10.4 Å². The van der Waals surface area contributed by atoms with Crippen molar-refractivity contribution in [3.05, 3.63) is 12.4 Å². The second kappa shape index (κ2) is 9.34. The lowest BCUT2D eigenvalue weighted by atomic mass is 9.96. The quantitative estimate of drug-likeness (QED) is 0.768. The summed E-state index contributed by atoms with van der Waals surface area (Å²) in [4.78, 5) is 26.4. The van der Waals surface area contributed by atoms with Crippen LogP contribution in [0.1, 0.15) is 40.5 Å². The summed E-state index contributed by atoms with van der Waals surface area (Å²) in [5.41, 5.74) is 5.63. The van der Waals surface area contributed by atoms with E-state index in [4.69, 9.17) is 10.5 Å². The molecule has 0 aromatic carbocycles. The van der Waals surface area contributed by atoms with E-state index in [0.717, 1.165) is 6.42 Å². The number of rotatable bonds is 6. The van der Waals surface area contributed by atoms with E-state index in [-0.39, 0.29) is 43.0 Å². The number of nitrogens with zero attached hydrogens (tertiary/aromatic N) is 3. The molecular formula is C17H30ClN5O3. The Balaban J connectivity index is 0.00000338.